The van der Waals surface area contributed by atoms with Crippen molar-refractivity contribution in [2.24, 2.45) is 11.8 Å². The van der Waals surface area contributed by atoms with Gasteiger partial charge in [-0.25, -0.2) is 4.39 Å². The van der Waals surface area contributed by atoms with Crippen LogP contribution in [0.5, 0.6) is 0 Å². The van der Waals surface area contributed by atoms with Crippen molar-refractivity contribution in [1.29, 1.82) is 0 Å². The molecule has 0 radical (unpaired) electrons. The molecule has 4 rings (SSSR count). The van der Waals surface area contributed by atoms with Crippen molar-refractivity contribution in [2.75, 3.05) is 0 Å². The number of hydrogen-bond donors (Lipinski definition) is 1. The standard InChI is InChI=1S/C27H23FO4/c1-27(32)16-21(29)23(25(30)18-8-4-2-5-9-18)22(17-12-14-20(28)15-13-17)24(27)26(31)19-10-6-3-7-11-19/h2-15,22-24,32H,16H2,1H3/t22-,23+,24-,27+/m1/s1. The van der Waals surface area contributed by atoms with Crippen molar-refractivity contribution < 1.29 is 23.9 Å². The molecule has 0 spiro atoms. The Bertz CT molecular complexity index is 1140. The van der Waals surface area contributed by atoms with E-state index in [4.69, 9.17) is 0 Å². The lowest BCUT2D eigenvalue weighted by molar-refractivity contribution is -0.134. The topological polar surface area (TPSA) is 71.4 Å². The minimum absolute atomic E-state index is 0.322. The fraction of sp³-hybridized carbons (Fsp3) is 0.222. The van der Waals surface area contributed by atoms with Gasteiger partial charge in [-0.3, -0.25) is 14.4 Å². The molecule has 5 heteroatoms. The molecule has 162 valence electrons. The molecule has 1 aliphatic rings. The Kier molecular flexibility index (Phi) is 5.85. The van der Waals surface area contributed by atoms with Gasteiger partial charge in [0.05, 0.1) is 17.4 Å². The highest BCUT2D eigenvalue weighted by Gasteiger charge is 2.55. The molecule has 32 heavy (non-hydrogen) atoms. The molecule has 0 aromatic heterocycles. The number of carbonyl (C=O) groups excluding carboxylic acids is 3. The third-order valence-electron chi connectivity index (χ3n) is 6.20. The smallest absolute Gasteiger partial charge is 0.173 e. The van der Waals surface area contributed by atoms with Crippen LogP contribution in [-0.4, -0.2) is 28.1 Å². The molecule has 0 unspecified atom stereocenters. The first-order valence-corrected chi connectivity index (χ1v) is 10.5. The molecule has 3 aromatic carbocycles. The van der Waals surface area contributed by atoms with Crippen LogP contribution in [0.25, 0.3) is 0 Å². The normalized spacial score (nSPS) is 25.3. The second kappa shape index (κ2) is 8.60. The number of benzene rings is 3. The average molecular weight is 430 g/mol. The second-order valence-electron chi connectivity index (χ2n) is 8.49. The Morgan fingerprint density at radius 2 is 1.34 bits per heavy atom. The second-order valence-corrected chi connectivity index (χ2v) is 8.49. The Hall–Kier alpha value is -3.44. The van der Waals surface area contributed by atoms with Crippen LogP contribution < -0.4 is 0 Å². The van der Waals surface area contributed by atoms with Crippen LogP contribution in [0, 0.1) is 17.7 Å². The third-order valence-corrected chi connectivity index (χ3v) is 6.20. The van der Waals surface area contributed by atoms with Crippen LogP contribution in [0.3, 0.4) is 0 Å². The Balaban J connectivity index is 1.89. The first kappa shape index (κ1) is 21.8. The van der Waals surface area contributed by atoms with Gasteiger partial charge in [0, 0.05) is 23.5 Å². The summed E-state index contributed by atoms with van der Waals surface area (Å²) in [5, 5.41) is 11.3. The van der Waals surface area contributed by atoms with E-state index in [0.29, 0.717) is 16.7 Å². The Morgan fingerprint density at radius 3 is 1.88 bits per heavy atom. The SMILES string of the molecule is C[C@]1(O)CC(=O)[C@H](C(=O)c2ccccc2)[C@@H](c2ccc(F)cc2)[C@@H]1C(=O)c1ccccc1. The summed E-state index contributed by atoms with van der Waals surface area (Å²) in [6.07, 6.45) is -0.322. The van der Waals surface area contributed by atoms with Gasteiger partial charge in [-0.1, -0.05) is 72.8 Å². The van der Waals surface area contributed by atoms with E-state index < -0.39 is 40.7 Å². The number of halogens is 1. The first-order chi connectivity index (χ1) is 15.3. The third kappa shape index (κ3) is 4.04. The van der Waals surface area contributed by atoms with E-state index in [0.717, 1.165) is 0 Å². The Morgan fingerprint density at radius 1 is 0.844 bits per heavy atom. The molecule has 1 N–H and O–H groups in total. The van der Waals surface area contributed by atoms with E-state index in [-0.39, 0.29) is 12.2 Å². The quantitative estimate of drug-likeness (QED) is 0.473. The number of hydrogen-bond acceptors (Lipinski definition) is 4. The van der Waals surface area contributed by atoms with Gasteiger partial charge < -0.3 is 5.11 Å². The van der Waals surface area contributed by atoms with E-state index in [9.17, 15) is 23.9 Å². The van der Waals surface area contributed by atoms with E-state index in [2.05, 4.69) is 0 Å². The summed E-state index contributed by atoms with van der Waals surface area (Å²) in [6.45, 7) is 1.45. The molecule has 1 fully saturated rings. The monoisotopic (exact) mass is 430 g/mol. The summed E-state index contributed by atoms with van der Waals surface area (Å²) < 4.78 is 13.7. The highest BCUT2D eigenvalue weighted by molar-refractivity contribution is 6.13. The molecule has 0 amide bonds. The van der Waals surface area contributed by atoms with Crippen molar-refractivity contribution >= 4 is 17.3 Å². The number of Topliss-reactive ketones (excluding diaryl/α,β-unsaturated/α-hetero) is 3. The zero-order valence-corrected chi connectivity index (χ0v) is 17.6. The fourth-order valence-electron chi connectivity index (χ4n) is 4.74. The summed E-state index contributed by atoms with van der Waals surface area (Å²) in [5.74, 6) is -4.84. The lowest BCUT2D eigenvalue weighted by Gasteiger charge is -2.45. The van der Waals surface area contributed by atoms with Crippen molar-refractivity contribution in [3.8, 4) is 0 Å². The van der Waals surface area contributed by atoms with E-state index in [1.54, 1.807) is 60.7 Å². The van der Waals surface area contributed by atoms with Crippen molar-refractivity contribution in [3.63, 3.8) is 0 Å². The first-order valence-electron chi connectivity index (χ1n) is 10.5. The van der Waals surface area contributed by atoms with E-state index in [1.807, 2.05) is 0 Å². The van der Waals surface area contributed by atoms with Crippen LogP contribution >= 0.6 is 0 Å². The fourth-order valence-corrected chi connectivity index (χ4v) is 4.74. The van der Waals surface area contributed by atoms with Gasteiger partial charge in [0.15, 0.2) is 11.6 Å². The number of carbonyl (C=O) groups is 3. The molecule has 0 heterocycles. The zero-order valence-electron chi connectivity index (χ0n) is 17.6. The zero-order chi connectivity index (χ0) is 22.9. The largest absolute Gasteiger partial charge is 0.389 e. The maximum Gasteiger partial charge on any atom is 0.173 e. The molecule has 4 nitrogen and oxygen atoms in total. The molecule has 1 aliphatic carbocycles. The molecule has 0 aliphatic heterocycles. The number of aliphatic hydroxyl groups is 1. The molecule has 0 bridgehead atoms. The van der Waals surface area contributed by atoms with E-state index >= 15 is 0 Å². The predicted octanol–water partition coefficient (Wildman–Crippen LogP) is 4.63. The van der Waals surface area contributed by atoms with Crippen LogP contribution in [0.1, 0.15) is 45.5 Å². The number of rotatable bonds is 5. The van der Waals surface area contributed by atoms with Gasteiger partial charge in [-0.2, -0.15) is 0 Å². The van der Waals surface area contributed by atoms with Crippen LogP contribution in [-0.2, 0) is 4.79 Å². The van der Waals surface area contributed by atoms with Gasteiger partial charge in [0.25, 0.3) is 0 Å². The summed E-state index contributed by atoms with van der Waals surface area (Å²) in [6, 6.07) is 22.3. The van der Waals surface area contributed by atoms with Crippen molar-refractivity contribution in [3.05, 3.63) is 107 Å². The summed E-state index contributed by atoms with van der Waals surface area (Å²) >= 11 is 0. The number of ketones is 3. The average Bonchev–Trinajstić information content (AvgIpc) is 2.79. The lowest BCUT2D eigenvalue weighted by atomic mass is 9.58. The molecular formula is C27H23FO4. The molecule has 1 saturated carbocycles. The van der Waals surface area contributed by atoms with E-state index in [1.165, 1.54) is 31.2 Å². The van der Waals surface area contributed by atoms with Crippen LogP contribution in [0.4, 0.5) is 4.39 Å². The minimum atomic E-state index is -1.67. The Labute approximate surface area is 185 Å². The summed E-state index contributed by atoms with van der Waals surface area (Å²) in [7, 11) is 0. The summed E-state index contributed by atoms with van der Waals surface area (Å²) in [4.78, 5) is 40.3. The highest BCUT2D eigenvalue weighted by Crippen LogP contribution is 2.48. The molecule has 3 aromatic rings. The maximum absolute atomic E-state index is 13.7. The molecule has 4 atom stereocenters. The van der Waals surface area contributed by atoms with Crippen molar-refractivity contribution in [2.45, 2.75) is 24.9 Å². The van der Waals surface area contributed by atoms with Gasteiger partial charge in [-0.15, -0.1) is 0 Å². The van der Waals surface area contributed by atoms with Gasteiger partial charge in [0.2, 0.25) is 0 Å². The van der Waals surface area contributed by atoms with Crippen LogP contribution in [0.15, 0.2) is 84.9 Å². The highest BCUT2D eigenvalue weighted by atomic mass is 19.1. The van der Waals surface area contributed by atoms with Gasteiger partial charge in [-0.05, 0) is 24.6 Å². The maximum atomic E-state index is 13.7. The predicted molar refractivity (Wildman–Crippen MR) is 118 cm³/mol. The van der Waals surface area contributed by atoms with Gasteiger partial charge in [0.1, 0.15) is 11.6 Å². The minimum Gasteiger partial charge on any atom is -0.389 e. The lowest BCUT2D eigenvalue weighted by Crippen LogP contribution is -2.54. The molecular weight excluding hydrogens is 407 g/mol. The summed E-state index contributed by atoms with van der Waals surface area (Å²) in [5.41, 5.74) is -0.477. The van der Waals surface area contributed by atoms with Crippen LogP contribution in [0.2, 0.25) is 0 Å². The van der Waals surface area contributed by atoms with Crippen molar-refractivity contribution in [1.82, 2.24) is 0 Å². The molecule has 0 saturated heterocycles. The van der Waals surface area contributed by atoms with Gasteiger partial charge >= 0.3 is 0 Å².